The molecule has 1 aliphatic rings. The van der Waals surface area contributed by atoms with E-state index in [0.717, 1.165) is 57.5 Å². The van der Waals surface area contributed by atoms with Gasteiger partial charge in [0, 0.05) is 25.8 Å². The first kappa shape index (κ1) is 15.1. The van der Waals surface area contributed by atoms with Crippen LogP contribution in [0, 0.1) is 0 Å². The minimum absolute atomic E-state index is 0.699. The maximum Gasteiger partial charge on any atom is 0.171 e. The van der Waals surface area contributed by atoms with Gasteiger partial charge in [0.05, 0.1) is 13.2 Å². The second-order valence-corrected chi connectivity index (χ2v) is 4.80. The molecule has 0 atom stereocenters. The van der Waals surface area contributed by atoms with Crippen LogP contribution >= 0.6 is 0 Å². The molecule has 1 aromatic heterocycles. The van der Waals surface area contributed by atoms with Crippen molar-refractivity contribution in [3.05, 3.63) is 18.3 Å². The van der Waals surface area contributed by atoms with Crippen molar-refractivity contribution in [2.24, 2.45) is 0 Å². The van der Waals surface area contributed by atoms with Gasteiger partial charge in [-0.05, 0) is 25.2 Å². The maximum atomic E-state index is 5.94. The molecule has 0 aliphatic carbocycles. The summed E-state index contributed by atoms with van der Waals surface area (Å²) in [6.07, 6.45) is 1.82. The summed E-state index contributed by atoms with van der Waals surface area (Å²) in [5, 5.41) is 0. The Morgan fingerprint density at radius 3 is 2.75 bits per heavy atom. The van der Waals surface area contributed by atoms with Crippen molar-refractivity contribution < 1.29 is 9.47 Å². The second kappa shape index (κ2) is 8.07. The van der Waals surface area contributed by atoms with Crippen molar-refractivity contribution in [3.8, 4) is 5.75 Å². The molecule has 1 fully saturated rings. The van der Waals surface area contributed by atoms with Crippen LogP contribution in [0.2, 0.25) is 0 Å². The molecule has 1 aliphatic heterocycles. The number of hydrogen-bond donors (Lipinski definition) is 0. The minimum Gasteiger partial charge on any atom is -0.488 e. The number of anilines is 1. The van der Waals surface area contributed by atoms with Crippen molar-refractivity contribution in [3.63, 3.8) is 0 Å². The van der Waals surface area contributed by atoms with Gasteiger partial charge in [0.25, 0.3) is 0 Å². The number of hydrogen-bond acceptors (Lipinski definition) is 5. The Balaban J connectivity index is 1.93. The zero-order valence-corrected chi connectivity index (χ0v) is 12.5. The molecule has 5 nitrogen and oxygen atoms in total. The number of aromatic nitrogens is 1. The largest absolute Gasteiger partial charge is 0.488 e. The number of nitrogens with zero attached hydrogens (tertiary/aromatic N) is 3. The predicted octanol–water partition coefficient (Wildman–Crippen LogP) is 1.64. The van der Waals surface area contributed by atoms with Crippen molar-refractivity contribution >= 4 is 5.82 Å². The fraction of sp³-hybridized carbons (Fsp3) is 0.667. The summed E-state index contributed by atoms with van der Waals surface area (Å²) in [5.41, 5.74) is 0. The number of pyridine rings is 1. The van der Waals surface area contributed by atoms with Crippen molar-refractivity contribution in [2.45, 2.75) is 13.8 Å². The lowest BCUT2D eigenvalue weighted by Gasteiger charge is -2.29. The Morgan fingerprint density at radius 1 is 1.30 bits per heavy atom. The van der Waals surface area contributed by atoms with Gasteiger partial charge in [0.1, 0.15) is 6.61 Å². The van der Waals surface area contributed by atoms with Gasteiger partial charge < -0.3 is 19.3 Å². The van der Waals surface area contributed by atoms with Crippen LogP contribution in [0.15, 0.2) is 18.3 Å². The zero-order valence-electron chi connectivity index (χ0n) is 12.5. The molecule has 0 spiro atoms. The first-order chi connectivity index (χ1) is 9.85. The molecular weight excluding hydrogens is 254 g/mol. The molecule has 2 heterocycles. The van der Waals surface area contributed by atoms with E-state index in [1.54, 1.807) is 0 Å². The lowest BCUT2D eigenvalue weighted by molar-refractivity contribution is 0.122. The smallest absolute Gasteiger partial charge is 0.171 e. The first-order valence-corrected chi connectivity index (χ1v) is 7.48. The van der Waals surface area contributed by atoms with E-state index in [1.807, 2.05) is 18.3 Å². The molecule has 20 heavy (non-hydrogen) atoms. The predicted molar refractivity (Wildman–Crippen MR) is 80.6 cm³/mol. The van der Waals surface area contributed by atoms with Gasteiger partial charge in [0.2, 0.25) is 0 Å². The number of rotatable bonds is 7. The van der Waals surface area contributed by atoms with Crippen LogP contribution in [0.4, 0.5) is 5.82 Å². The third-order valence-corrected chi connectivity index (χ3v) is 3.62. The standard InChI is InChI=1S/C15H25N3O2/c1-3-17(4-2)8-13-20-14-6-5-7-16-15(14)18-9-11-19-12-10-18/h5-7H,3-4,8-13H2,1-2H3. The second-order valence-electron chi connectivity index (χ2n) is 4.80. The quantitative estimate of drug-likeness (QED) is 0.758. The van der Waals surface area contributed by atoms with Gasteiger partial charge in [-0.15, -0.1) is 0 Å². The number of morpholine rings is 1. The summed E-state index contributed by atoms with van der Waals surface area (Å²) in [5.74, 6) is 1.82. The Bertz CT molecular complexity index is 390. The molecule has 0 N–H and O–H groups in total. The Morgan fingerprint density at radius 2 is 2.05 bits per heavy atom. The van der Waals surface area contributed by atoms with E-state index < -0.39 is 0 Å². The van der Waals surface area contributed by atoms with Gasteiger partial charge in [-0.1, -0.05) is 13.8 Å². The molecule has 5 heteroatoms. The molecule has 1 aromatic rings. The highest BCUT2D eigenvalue weighted by Gasteiger charge is 2.16. The third kappa shape index (κ3) is 4.08. The summed E-state index contributed by atoms with van der Waals surface area (Å²) in [6, 6.07) is 3.93. The summed E-state index contributed by atoms with van der Waals surface area (Å²) in [4.78, 5) is 9.06. The first-order valence-electron chi connectivity index (χ1n) is 7.48. The Hall–Kier alpha value is -1.33. The maximum absolute atomic E-state index is 5.94. The molecule has 112 valence electrons. The lowest BCUT2D eigenvalue weighted by atomic mass is 10.3. The molecule has 1 saturated heterocycles. The van der Waals surface area contributed by atoms with E-state index in [0.29, 0.717) is 6.61 Å². The fourth-order valence-corrected chi connectivity index (χ4v) is 2.33. The Kier molecular flexibility index (Phi) is 6.08. The molecular formula is C15H25N3O2. The van der Waals surface area contributed by atoms with E-state index in [1.165, 1.54) is 0 Å². The van der Waals surface area contributed by atoms with E-state index in [-0.39, 0.29) is 0 Å². The van der Waals surface area contributed by atoms with Crippen LogP contribution in [0.1, 0.15) is 13.8 Å². The highest BCUT2D eigenvalue weighted by Crippen LogP contribution is 2.25. The third-order valence-electron chi connectivity index (χ3n) is 3.62. The van der Waals surface area contributed by atoms with Gasteiger partial charge >= 0.3 is 0 Å². The topological polar surface area (TPSA) is 37.8 Å². The van der Waals surface area contributed by atoms with Gasteiger partial charge in [-0.2, -0.15) is 0 Å². The molecule has 0 amide bonds. The highest BCUT2D eigenvalue weighted by atomic mass is 16.5. The summed E-state index contributed by atoms with van der Waals surface area (Å²) in [6.45, 7) is 11.4. The molecule has 0 unspecified atom stereocenters. The van der Waals surface area contributed by atoms with Gasteiger partial charge in [-0.25, -0.2) is 4.98 Å². The average molecular weight is 279 g/mol. The number of ether oxygens (including phenoxy) is 2. The van der Waals surface area contributed by atoms with Crippen molar-refractivity contribution in [1.29, 1.82) is 0 Å². The number of likely N-dealkylation sites (N-methyl/N-ethyl adjacent to an activating group) is 1. The molecule has 2 rings (SSSR count). The van der Waals surface area contributed by atoms with E-state index in [4.69, 9.17) is 9.47 Å². The lowest BCUT2D eigenvalue weighted by Crippen LogP contribution is -2.37. The van der Waals surface area contributed by atoms with E-state index in [9.17, 15) is 0 Å². The highest BCUT2D eigenvalue weighted by molar-refractivity contribution is 5.52. The normalized spacial score (nSPS) is 15.7. The summed E-state index contributed by atoms with van der Waals surface area (Å²) < 4.78 is 11.3. The molecule has 0 saturated carbocycles. The summed E-state index contributed by atoms with van der Waals surface area (Å²) in [7, 11) is 0. The monoisotopic (exact) mass is 279 g/mol. The van der Waals surface area contributed by atoms with Crippen molar-refractivity contribution in [1.82, 2.24) is 9.88 Å². The van der Waals surface area contributed by atoms with E-state index in [2.05, 4.69) is 28.6 Å². The van der Waals surface area contributed by atoms with Crippen LogP contribution < -0.4 is 9.64 Å². The average Bonchev–Trinajstić information content (AvgIpc) is 2.53. The van der Waals surface area contributed by atoms with Gasteiger partial charge in [-0.3, -0.25) is 0 Å². The van der Waals surface area contributed by atoms with Crippen molar-refractivity contribution in [2.75, 3.05) is 57.4 Å². The molecule has 0 aromatic carbocycles. The van der Waals surface area contributed by atoms with Crippen LogP contribution in [0.5, 0.6) is 5.75 Å². The summed E-state index contributed by atoms with van der Waals surface area (Å²) >= 11 is 0. The van der Waals surface area contributed by atoms with Crippen LogP contribution in [0.3, 0.4) is 0 Å². The fourth-order valence-electron chi connectivity index (χ4n) is 2.33. The van der Waals surface area contributed by atoms with Crippen LogP contribution in [-0.2, 0) is 4.74 Å². The molecule has 0 bridgehead atoms. The van der Waals surface area contributed by atoms with Gasteiger partial charge in [0.15, 0.2) is 11.6 Å². The van der Waals surface area contributed by atoms with E-state index >= 15 is 0 Å². The Labute approximate surface area is 121 Å². The SMILES string of the molecule is CCN(CC)CCOc1cccnc1N1CCOCC1. The van der Waals surface area contributed by atoms with Crippen LogP contribution in [0.25, 0.3) is 0 Å². The zero-order chi connectivity index (χ0) is 14.2. The molecule has 0 radical (unpaired) electrons. The van der Waals surface area contributed by atoms with Crippen LogP contribution in [-0.4, -0.2) is 62.4 Å². The minimum atomic E-state index is 0.699.